The van der Waals surface area contributed by atoms with Crippen LogP contribution in [0.1, 0.15) is 40.5 Å². The van der Waals surface area contributed by atoms with E-state index in [4.69, 9.17) is 5.73 Å². The van der Waals surface area contributed by atoms with Crippen molar-refractivity contribution in [1.82, 2.24) is 4.90 Å². The number of unbranched alkanes of at least 4 members (excludes halogenated alkanes) is 1. The molecule has 6 heteroatoms. The smallest absolute Gasteiger partial charge is 0.332 e. The molecule has 0 aromatic rings. The molecule has 0 aliphatic heterocycles. The van der Waals surface area contributed by atoms with Crippen LogP contribution in [-0.2, 0) is 4.79 Å². The Morgan fingerprint density at radius 1 is 1.28 bits per heavy atom. The Morgan fingerprint density at radius 3 is 2.11 bits per heavy atom. The van der Waals surface area contributed by atoms with E-state index in [9.17, 15) is 18.0 Å². The molecule has 0 radical (unpaired) electrons. The Hall–Kier alpha value is -0.780. The topological polar surface area (TPSA) is 46.3 Å². The zero-order chi connectivity index (χ0) is 14.6. The first-order chi connectivity index (χ1) is 7.99. The van der Waals surface area contributed by atoms with Crippen molar-refractivity contribution in [2.45, 2.75) is 52.8 Å². The van der Waals surface area contributed by atoms with Gasteiger partial charge in [0, 0.05) is 6.54 Å². The Kier molecular flexibility index (Phi) is 6.13. The summed E-state index contributed by atoms with van der Waals surface area (Å²) >= 11 is 0. The lowest BCUT2D eigenvalue weighted by Gasteiger charge is -2.32. The minimum atomic E-state index is -4.39. The van der Waals surface area contributed by atoms with E-state index in [1.54, 1.807) is 20.8 Å². The number of amides is 1. The van der Waals surface area contributed by atoms with Crippen LogP contribution < -0.4 is 5.73 Å². The summed E-state index contributed by atoms with van der Waals surface area (Å²) in [5.74, 6) is -0.631. The van der Waals surface area contributed by atoms with E-state index in [0.29, 0.717) is 6.42 Å². The van der Waals surface area contributed by atoms with Crippen molar-refractivity contribution in [1.29, 1.82) is 0 Å². The van der Waals surface area contributed by atoms with Gasteiger partial charge in [0.2, 0.25) is 5.91 Å². The van der Waals surface area contributed by atoms with E-state index < -0.39 is 30.1 Å². The number of nitrogens with zero attached hydrogens (tertiary/aromatic N) is 1. The van der Waals surface area contributed by atoms with Gasteiger partial charge in [-0.3, -0.25) is 4.79 Å². The largest absolute Gasteiger partial charge is 0.406 e. The fourth-order valence-electron chi connectivity index (χ4n) is 1.40. The molecule has 0 saturated heterocycles. The first kappa shape index (κ1) is 17.2. The molecular weight excluding hydrogens is 245 g/mol. The minimum absolute atomic E-state index is 0.0959. The Bertz CT molecular complexity index is 271. The van der Waals surface area contributed by atoms with Crippen molar-refractivity contribution >= 4 is 5.91 Å². The zero-order valence-electron chi connectivity index (χ0n) is 11.5. The second kappa shape index (κ2) is 6.41. The summed E-state index contributed by atoms with van der Waals surface area (Å²) < 4.78 is 37.3. The molecule has 0 unspecified atom stereocenters. The van der Waals surface area contributed by atoms with Crippen LogP contribution in [0.4, 0.5) is 13.2 Å². The van der Waals surface area contributed by atoms with Gasteiger partial charge in [-0.2, -0.15) is 13.2 Å². The third-order valence-corrected chi connectivity index (χ3v) is 2.66. The van der Waals surface area contributed by atoms with Gasteiger partial charge < -0.3 is 10.6 Å². The number of nitrogens with two attached hydrogens (primary N) is 1. The van der Waals surface area contributed by atoms with Gasteiger partial charge in [-0.25, -0.2) is 0 Å². The number of halogens is 3. The van der Waals surface area contributed by atoms with Crippen molar-refractivity contribution < 1.29 is 18.0 Å². The fraction of sp³-hybridized carbons (Fsp3) is 0.917. The molecule has 0 aliphatic rings. The molecule has 0 aromatic carbocycles. The lowest BCUT2D eigenvalue weighted by Crippen LogP contribution is -2.52. The van der Waals surface area contributed by atoms with Gasteiger partial charge in [0.15, 0.2) is 0 Å². The molecule has 1 amide bonds. The van der Waals surface area contributed by atoms with Crippen molar-refractivity contribution in [2.75, 3.05) is 13.1 Å². The minimum Gasteiger partial charge on any atom is -0.332 e. The van der Waals surface area contributed by atoms with Gasteiger partial charge in [-0.1, -0.05) is 34.1 Å². The van der Waals surface area contributed by atoms with Crippen LogP contribution >= 0.6 is 0 Å². The standard InChI is InChI=1S/C12H23F3N2O/c1-5-6-7-17(8-12(13,14)15)10(18)9(16)11(2,3)4/h9H,5-8,16H2,1-4H3/t9-/m0/s1. The van der Waals surface area contributed by atoms with Crippen LogP contribution in [0.25, 0.3) is 0 Å². The van der Waals surface area contributed by atoms with Crippen molar-refractivity contribution in [2.24, 2.45) is 11.1 Å². The Balaban J connectivity index is 4.79. The molecule has 2 N–H and O–H groups in total. The number of rotatable bonds is 5. The Labute approximate surface area is 107 Å². The molecule has 0 spiro atoms. The highest BCUT2D eigenvalue weighted by atomic mass is 19.4. The highest BCUT2D eigenvalue weighted by Crippen LogP contribution is 2.22. The van der Waals surface area contributed by atoms with E-state index in [0.717, 1.165) is 11.3 Å². The van der Waals surface area contributed by atoms with Crippen LogP contribution in [0.5, 0.6) is 0 Å². The van der Waals surface area contributed by atoms with Crippen molar-refractivity contribution in [3.63, 3.8) is 0 Å². The summed E-state index contributed by atoms with van der Waals surface area (Å²) in [6.45, 7) is 5.94. The lowest BCUT2D eigenvalue weighted by atomic mass is 9.86. The molecule has 0 bridgehead atoms. The van der Waals surface area contributed by atoms with Crippen LogP contribution in [0.3, 0.4) is 0 Å². The molecule has 0 heterocycles. The first-order valence-corrected chi connectivity index (χ1v) is 6.10. The normalized spacial score (nSPS) is 14.4. The van der Waals surface area contributed by atoms with Crippen LogP contribution in [0.15, 0.2) is 0 Å². The van der Waals surface area contributed by atoms with E-state index in [-0.39, 0.29) is 6.54 Å². The second-order valence-electron chi connectivity index (χ2n) is 5.57. The number of hydrogen-bond donors (Lipinski definition) is 1. The molecule has 0 fully saturated rings. The van der Waals surface area contributed by atoms with Crippen molar-refractivity contribution in [3.8, 4) is 0 Å². The van der Waals surface area contributed by atoms with Gasteiger partial charge in [-0.15, -0.1) is 0 Å². The van der Waals surface area contributed by atoms with E-state index in [1.165, 1.54) is 0 Å². The highest BCUT2D eigenvalue weighted by molar-refractivity contribution is 5.82. The van der Waals surface area contributed by atoms with Crippen LogP contribution in [-0.4, -0.2) is 36.1 Å². The molecule has 108 valence electrons. The lowest BCUT2D eigenvalue weighted by molar-refractivity contribution is -0.163. The predicted octanol–water partition coefficient (Wildman–Crippen LogP) is 2.55. The molecule has 3 nitrogen and oxygen atoms in total. The van der Waals surface area contributed by atoms with Gasteiger partial charge in [-0.05, 0) is 11.8 Å². The molecule has 18 heavy (non-hydrogen) atoms. The summed E-state index contributed by atoms with van der Waals surface area (Å²) in [5.41, 5.74) is 5.18. The number of carbonyl (C=O) groups is 1. The fourth-order valence-corrected chi connectivity index (χ4v) is 1.40. The maximum absolute atomic E-state index is 12.4. The average molecular weight is 268 g/mol. The number of carbonyl (C=O) groups excluding carboxylic acids is 1. The number of hydrogen-bond acceptors (Lipinski definition) is 2. The summed E-state index contributed by atoms with van der Waals surface area (Å²) in [6, 6.07) is -0.920. The molecule has 1 atom stereocenters. The highest BCUT2D eigenvalue weighted by Gasteiger charge is 2.37. The molecule has 0 rings (SSSR count). The quantitative estimate of drug-likeness (QED) is 0.833. The molecule has 0 saturated carbocycles. The average Bonchev–Trinajstić information content (AvgIpc) is 2.19. The summed E-state index contributed by atoms with van der Waals surface area (Å²) in [6.07, 6.45) is -3.12. The van der Waals surface area contributed by atoms with Crippen LogP contribution in [0, 0.1) is 5.41 Å². The maximum Gasteiger partial charge on any atom is 0.406 e. The van der Waals surface area contributed by atoms with Gasteiger partial charge >= 0.3 is 6.18 Å². The van der Waals surface area contributed by atoms with E-state index in [2.05, 4.69) is 0 Å². The molecular formula is C12H23F3N2O. The number of alkyl halides is 3. The predicted molar refractivity (Wildman–Crippen MR) is 65.0 cm³/mol. The molecule has 0 aromatic heterocycles. The summed E-state index contributed by atoms with van der Waals surface area (Å²) in [4.78, 5) is 12.8. The van der Waals surface area contributed by atoms with Gasteiger partial charge in [0.05, 0.1) is 6.04 Å². The Morgan fingerprint density at radius 2 is 1.78 bits per heavy atom. The first-order valence-electron chi connectivity index (χ1n) is 6.10. The SMILES string of the molecule is CCCCN(CC(F)(F)F)C(=O)[C@H](N)C(C)(C)C. The van der Waals surface area contributed by atoms with Gasteiger partial charge in [0.1, 0.15) is 6.54 Å². The van der Waals surface area contributed by atoms with Crippen molar-refractivity contribution in [3.05, 3.63) is 0 Å². The monoisotopic (exact) mass is 268 g/mol. The third kappa shape index (κ3) is 6.23. The summed E-state index contributed by atoms with van der Waals surface area (Å²) in [7, 11) is 0. The van der Waals surface area contributed by atoms with Gasteiger partial charge in [0.25, 0.3) is 0 Å². The maximum atomic E-state index is 12.4. The molecule has 0 aliphatic carbocycles. The van der Waals surface area contributed by atoms with Crippen LogP contribution in [0.2, 0.25) is 0 Å². The summed E-state index contributed by atoms with van der Waals surface area (Å²) in [5, 5.41) is 0. The zero-order valence-corrected chi connectivity index (χ0v) is 11.5. The van der Waals surface area contributed by atoms with E-state index in [1.807, 2.05) is 6.92 Å². The second-order valence-corrected chi connectivity index (χ2v) is 5.57. The van der Waals surface area contributed by atoms with E-state index >= 15 is 0 Å². The third-order valence-electron chi connectivity index (χ3n) is 2.66.